The molecule has 1 saturated heterocycles. The second-order valence-electron chi connectivity index (χ2n) is 9.55. The number of benzene rings is 3. The molecule has 1 amide bonds. The number of fused-ring (bicyclic) bond motifs is 1. The topological polar surface area (TPSA) is 101 Å². The summed E-state index contributed by atoms with van der Waals surface area (Å²) in [5.74, 6) is 0.820. The van der Waals surface area contributed by atoms with E-state index in [1.165, 1.54) is 11.1 Å². The van der Waals surface area contributed by atoms with Gasteiger partial charge in [-0.15, -0.1) is 0 Å². The van der Waals surface area contributed by atoms with Crippen molar-refractivity contribution >= 4 is 23.5 Å². The van der Waals surface area contributed by atoms with Gasteiger partial charge >= 0.3 is 0 Å². The number of nitrogens with two attached hydrogens (primary N) is 1. The summed E-state index contributed by atoms with van der Waals surface area (Å²) in [6.07, 6.45) is 4.27. The number of ether oxygens (including phenoxy) is 2. The molecule has 3 aromatic carbocycles. The van der Waals surface area contributed by atoms with Gasteiger partial charge in [0, 0.05) is 35.6 Å². The van der Waals surface area contributed by atoms with E-state index >= 15 is 0 Å². The van der Waals surface area contributed by atoms with Crippen LogP contribution in [-0.2, 0) is 16.0 Å². The molecule has 2 heterocycles. The summed E-state index contributed by atoms with van der Waals surface area (Å²) in [6, 6.07) is 21.1. The second kappa shape index (κ2) is 12.5. The molecule has 4 N–H and O–H groups in total. The van der Waals surface area contributed by atoms with Gasteiger partial charge in [-0.25, -0.2) is 0 Å². The predicted molar refractivity (Wildman–Crippen MR) is 149 cm³/mol. The van der Waals surface area contributed by atoms with Gasteiger partial charge in [0.25, 0.3) is 0 Å². The lowest BCUT2D eigenvalue weighted by Gasteiger charge is -2.29. The Kier molecular flexibility index (Phi) is 8.93. The smallest absolute Gasteiger partial charge is 0.211 e. The quantitative estimate of drug-likeness (QED) is 0.250. The average molecular weight is 501 g/mol. The number of hydrogen-bond donors (Lipinski definition) is 3. The van der Waals surface area contributed by atoms with Crippen LogP contribution in [0.15, 0.2) is 66.7 Å². The number of anilines is 2. The second-order valence-corrected chi connectivity index (χ2v) is 9.55. The molecule has 0 aromatic heterocycles. The highest BCUT2D eigenvalue weighted by atomic mass is 16.5. The van der Waals surface area contributed by atoms with Crippen molar-refractivity contribution < 1.29 is 14.3 Å². The third kappa shape index (κ3) is 6.96. The minimum Gasteiger partial charge on any atom is -0.490 e. The molecule has 0 spiro atoms. The number of carbonyl (C=O) groups excluding carboxylic acids is 1. The van der Waals surface area contributed by atoms with Crippen molar-refractivity contribution in [3.63, 3.8) is 0 Å². The molecule has 0 saturated carbocycles. The predicted octanol–water partition coefficient (Wildman–Crippen LogP) is 5.05. The summed E-state index contributed by atoms with van der Waals surface area (Å²) >= 11 is 0. The van der Waals surface area contributed by atoms with Crippen molar-refractivity contribution in [1.29, 1.82) is 5.41 Å². The zero-order valence-electron chi connectivity index (χ0n) is 21.6. The minimum atomic E-state index is 0.248. The molecule has 194 valence electrons. The van der Waals surface area contributed by atoms with Crippen molar-refractivity contribution in [1.82, 2.24) is 4.90 Å². The normalized spacial score (nSPS) is 17.6. The molecule has 3 aromatic rings. The Morgan fingerprint density at radius 1 is 1.11 bits per heavy atom. The molecule has 37 heavy (non-hydrogen) atoms. The first-order chi connectivity index (χ1) is 17.9. The Hall–Kier alpha value is -3.68. The number of rotatable bonds is 6. The number of carbonyl (C=O) groups is 1. The van der Waals surface area contributed by atoms with E-state index in [0.29, 0.717) is 35.2 Å². The molecule has 0 aliphatic carbocycles. The molecule has 2 aliphatic rings. The highest BCUT2D eigenvalue weighted by molar-refractivity contribution is 6.14. The van der Waals surface area contributed by atoms with E-state index < -0.39 is 0 Å². The zero-order chi connectivity index (χ0) is 26.2. The fourth-order valence-electron chi connectivity index (χ4n) is 4.68. The first-order valence-electron chi connectivity index (χ1n) is 12.8. The maximum Gasteiger partial charge on any atom is 0.211 e. The van der Waals surface area contributed by atoms with Crippen LogP contribution in [-0.4, -0.2) is 49.9 Å². The lowest BCUT2D eigenvalue weighted by atomic mass is 9.99. The maximum atomic E-state index is 10.6. The number of likely N-dealkylation sites (tertiary alicyclic amines) is 1. The van der Waals surface area contributed by atoms with E-state index in [0.717, 1.165) is 50.3 Å². The van der Waals surface area contributed by atoms with Crippen LogP contribution >= 0.6 is 0 Å². The van der Waals surface area contributed by atoms with Gasteiger partial charge < -0.3 is 25.4 Å². The standard InChI is InChI=1S/C20H24N4O2.C10H12O/c1-24-10-8-17(9-11-24)26-16-5-2-14(3-6-16)20(22)18-12-15(23-13-25)4-7-19(18)21;1-8-10-5-3-2-4-9(10)6-7-11-8/h2-7,12-13,17,22H,8-11,21H2,1H3,(H,23,25);2-5,8H,6-7H2,1H3. The van der Waals surface area contributed by atoms with Gasteiger partial charge in [-0.3, -0.25) is 10.2 Å². The fourth-order valence-corrected chi connectivity index (χ4v) is 4.68. The van der Waals surface area contributed by atoms with Crippen molar-refractivity contribution in [2.24, 2.45) is 0 Å². The molecular formula is C30H36N4O3. The summed E-state index contributed by atoms with van der Waals surface area (Å²) in [6.45, 7) is 5.09. The van der Waals surface area contributed by atoms with Gasteiger partial charge in [-0.05, 0) is 86.8 Å². The van der Waals surface area contributed by atoms with Gasteiger partial charge in [0.15, 0.2) is 0 Å². The third-order valence-electron chi connectivity index (χ3n) is 6.89. The van der Waals surface area contributed by atoms with Crippen molar-refractivity contribution in [2.45, 2.75) is 38.4 Å². The van der Waals surface area contributed by atoms with E-state index in [-0.39, 0.29) is 6.10 Å². The van der Waals surface area contributed by atoms with Crippen LogP contribution in [0.4, 0.5) is 11.4 Å². The van der Waals surface area contributed by atoms with Crippen LogP contribution in [0, 0.1) is 5.41 Å². The Balaban J connectivity index is 0.000000241. The summed E-state index contributed by atoms with van der Waals surface area (Å²) < 4.78 is 11.6. The summed E-state index contributed by atoms with van der Waals surface area (Å²) in [7, 11) is 2.13. The molecule has 0 bridgehead atoms. The number of nitrogens with one attached hydrogen (secondary N) is 2. The Labute approximate surface area is 219 Å². The Morgan fingerprint density at radius 3 is 2.54 bits per heavy atom. The number of hydrogen-bond acceptors (Lipinski definition) is 6. The van der Waals surface area contributed by atoms with Crippen LogP contribution in [0.5, 0.6) is 5.75 Å². The summed E-state index contributed by atoms with van der Waals surface area (Å²) in [4.78, 5) is 12.9. The number of piperidine rings is 1. The molecule has 1 atom stereocenters. The van der Waals surface area contributed by atoms with Crippen molar-refractivity contribution in [3.8, 4) is 5.75 Å². The molecule has 0 radical (unpaired) electrons. The average Bonchev–Trinajstić information content (AvgIpc) is 2.92. The Morgan fingerprint density at radius 2 is 1.84 bits per heavy atom. The lowest BCUT2D eigenvalue weighted by Crippen LogP contribution is -2.35. The molecule has 7 nitrogen and oxygen atoms in total. The molecule has 1 fully saturated rings. The molecule has 7 heteroatoms. The number of amides is 1. The Bertz CT molecular complexity index is 1200. The van der Waals surface area contributed by atoms with Crippen LogP contribution in [0.2, 0.25) is 0 Å². The van der Waals surface area contributed by atoms with E-state index in [4.69, 9.17) is 20.6 Å². The van der Waals surface area contributed by atoms with Crippen LogP contribution in [0.1, 0.15) is 48.1 Å². The van der Waals surface area contributed by atoms with Gasteiger partial charge in [0.1, 0.15) is 11.9 Å². The fraction of sp³-hybridized carbons (Fsp3) is 0.333. The molecule has 5 rings (SSSR count). The van der Waals surface area contributed by atoms with Gasteiger partial charge in [0.2, 0.25) is 6.41 Å². The summed E-state index contributed by atoms with van der Waals surface area (Å²) in [5.41, 5.74) is 11.6. The SMILES string of the molecule is CC1OCCc2ccccc21.CN1CCC(Oc2ccc(C(=N)c3cc(NC=O)ccc3N)cc2)CC1. The van der Waals surface area contributed by atoms with E-state index in [2.05, 4.69) is 48.5 Å². The van der Waals surface area contributed by atoms with Gasteiger partial charge in [-0.1, -0.05) is 24.3 Å². The van der Waals surface area contributed by atoms with Crippen molar-refractivity contribution in [3.05, 3.63) is 89.0 Å². The lowest BCUT2D eigenvalue weighted by molar-refractivity contribution is -0.105. The van der Waals surface area contributed by atoms with Crippen molar-refractivity contribution in [2.75, 3.05) is 37.8 Å². The van der Waals surface area contributed by atoms with E-state index in [1.54, 1.807) is 18.2 Å². The van der Waals surface area contributed by atoms with Crippen LogP contribution < -0.4 is 15.8 Å². The van der Waals surface area contributed by atoms with Crippen LogP contribution in [0.3, 0.4) is 0 Å². The van der Waals surface area contributed by atoms with E-state index in [1.807, 2.05) is 24.3 Å². The van der Waals surface area contributed by atoms with E-state index in [9.17, 15) is 4.79 Å². The highest BCUT2D eigenvalue weighted by Gasteiger charge is 2.18. The molecular weight excluding hydrogens is 464 g/mol. The first kappa shape index (κ1) is 26.4. The largest absolute Gasteiger partial charge is 0.490 e. The first-order valence-corrected chi connectivity index (χ1v) is 12.8. The van der Waals surface area contributed by atoms with Crippen LogP contribution in [0.25, 0.3) is 0 Å². The van der Waals surface area contributed by atoms with Gasteiger partial charge in [0.05, 0.1) is 18.4 Å². The highest BCUT2D eigenvalue weighted by Crippen LogP contribution is 2.26. The number of nitrogens with zero attached hydrogens (tertiary/aromatic N) is 1. The maximum absolute atomic E-state index is 10.6. The third-order valence-corrected chi connectivity index (χ3v) is 6.89. The monoisotopic (exact) mass is 500 g/mol. The molecule has 1 unspecified atom stereocenters. The number of nitrogen functional groups attached to an aromatic ring is 1. The summed E-state index contributed by atoms with van der Waals surface area (Å²) in [5, 5.41) is 11.0. The molecule has 2 aliphatic heterocycles. The minimum absolute atomic E-state index is 0.248. The zero-order valence-corrected chi connectivity index (χ0v) is 21.6. The van der Waals surface area contributed by atoms with Gasteiger partial charge in [-0.2, -0.15) is 0 Å².